The van der Waals surface area contributed by atoms with E-state index in [4.69, 9.17) is 16.7 Å². The van der Waals surface area contributed by atoms with Crippen LogP contribution in [0.4, 0.5) is 5.69 Å². The van der Waals surface area contributed by atoms with Crippen molar-refractivity contribution >= 4 is 40.4 Å². The molecule has 9 heteroatoms. The number of carbonyl (C=O) groups is 2. The molecule has 4 N–H and O–H groups in total. The van der Waals surface area contributed by atoms with Gasteiger partial charge in [0, 0.05) is 24.2 Å². The van der Waals surface area contributed by atoms with Crippen molar-refractivity contribution in [2.75, 3.05) is 18.5 Å². The van der Waals surface area contributed by atoms with Gasteiger partial charge < -0.3 is 21.1 Å². The van der Waals surface area contributed by atoms with Gasteiger partial charge in [-0.2, -0.15) is 0 Å². The summed E-state index contributed by atoms with van der Waals surface area (Å²) in [5.41, 5.74) is 0.805. The van der Waals surface area contributed by atoms with Crippen molar-refractivity contribution < 1.29 is 14.7 Å². The predicted octanol–water partition coefficient (Wildman–Crippen LogP) is 3.20. The lowest BCUT2D eigenvalue weighted by Gasteiger charge is -2.21. The summed E-state index contributed by atoms with van der Waals surface area (Å²) in [6.45, 7) is 0.602. The Morgan fingerprint density at radius 1 is 1.27 bits per heavy atom. The number of anilines is 1. The van der Waals surface area contributed by atoms with Crippen LogP contribution in [0, 0.1) is 5.92 Å². The average Bonchev–Trinajstić information content (AvgIpc) is 3.42. The maximum absolute atomic E-state index is 12.8. The van der Waals surface area contributed by atoms with E-state index in [2.05, 4.69) is 20.9 Å². The lowest BCUT2D eigenvalue weighted by atomic mass is 9.97. The Morgan fingerprint density at radius 2 is 2.07 bits per heavy atom. The molecule has 1 aliphatic carbocycles. The number of pyridine rings is 1. The van der Waals surface area contributed by atoms with Crippen molar-refractivity contribution in [1.82, 2.24) is 15.6 Å². The highest BCUT2D eigenvalue weighted by Gasteiger charge is 2.27. The summed E-state index contributed by atoms with van der Waals surface area (Å²) in [6, 6.07) is 4.86. The second kappa shape index (κ2) is 11.3. The van der Waals surface area contributed by atoms with E-state index in [0.29, 0.717) is 28.8 Å². The predicted molar refractivity (Wildman–Crippen MR) is 119 cm³/mol. The minimum absolute atomic E-state index is 0.126. The molecule has 0 saturated heterocycles. The molecule has 1 saturated carbocycles. The zero-order valence-corrected chi connectivity index (χ0v) is 18.3. The molecule has 0 spiro atoms. The van der Waals surface area contributed by atoms with Crippen molar-refractivity contribution in [1.29, 1.82) is 0 Å². The van der Waals surface area contributed by atoms with Gasteiger partial charge in [-0.1, -0.05) is 37.3 Å². The van der Waals surface area contributed by atoms with Crippen LogP contribution in [-0.2, 0) is 11.3 Å². The second-order valence-electron chi connectivity index (χ2n) is 7.44. The van der Waals surface area contributed by atoms with E-state index >= 15 is 0 Å². The summed E-state index contributed by atoms with van der Waals surface area (Å²) in [7, 11) is 0. The smallest absolute Gasteiger partial charge is 0.262 e. The van der Waals surface area contributed by atoms with Gasteiger partial charge in [-0.3, -0.25) is 14.6 Å². The Balaban J connectivity index is 1.58. The quantitative estimate of drug-likeness (QED) is 0.445. The minimum atomic E-state index is -0.589. The van der Waals surface area contributed by atoms with Crippen LogP contribution in [0.15, 0.2) is 30.6 Å². The first-order chi connectivity index (χ1) is 14.5. The number of carbonyl (C=O) groups excluding carboxylic acids is 2. The van der Waals surface area contributed by atoms with E-state index in [1.54, 1.807) is 24.5 Å². The van der Waals surface area contributed by atoms with Gasteiger partial charge in [-0.05, 0) is 30.5 Å². The fourth-order valence-electron chi connectivity index (χ4n) is 3.64. The molecule has 0 bridgehead atoms. The second-order valence-corrected chi connectivity index (χ2v) is 9.04. The van der Waals surface area contributed by atoms with Gasteiger partial charge in [0.15, 0.2) is 0 Å². The van der Waals surface area contributed by atoms with Gasteiger partial charge in [-0.15, -0.1) is 11.3 Å². The molecule has 0 aliphatic heterocycles. The highest BCUT2D eigenvalue weighted by molar-refractivity contribution is 7.14. The number of hydrogen-bond acceptors (Lipinski definition) is 6. The van der Waals surface area contributed by atoms with Gasteiger partial charge in [-0.25, -0.2) is 0 Å². The molecule has 0 aromatic carbocycles. The van der Waals surface area contributed by atoms with E-state index in [-0.39, 0.29) is 25.0 Å². The molecule has 2 heterocycles. The molecular formula is C21H27ClN4O3S. The number of nitrogens with one attached hydrogen (secondary N) is 3. The van der Waals surface area contributed by atoms with Gasteiger partial charge in [0.25, 0.3) is 5.91 Å². The van der Waals surface area contributed by atoms with E-state index in [1.807, 2.05) is 6.07 Å². The third-order valence-electron chi connectivity index (χ3n) is 5.13. The normalized spacial score (nSPS) is 15.0. The fraction of sp³-hybridized carbons (Fsp3) is 0.476. The first kappa shape index (κ1) is 22.5. The van der Waals surface area contributed by atoms with Crippen molar-refractivity contribution in [2.45, 2.75) is 44.7 Å². The standard InChI is InChI=1S/C21H27ClN4O3S/c22-15-10-16(12-23-11-15)25-13-17-5-6-19(30-17)21(29)26-18(20(28)24-7-8-27)9-14-3-1-2-4-14/h5-6,10-12,14,18,25,27H,1-4,7-9,13H2,(H,24,28)(H,26,29). The summed E-state index contributed by atoms with van der Waals surface area (Å²) >= 11 is 7.32. The largest absolute Gasteiger partial charge is 0.395 e. The third kappa shape index (κ3) is 6.68. The summed E-state index contributed by atoms with van der Waals surface area (Å²) in [5.74, 6) is -0.0430. The van der Waals surface area contributed by atoms with Gasteiger partial charge in [0.05, 0.1) is 28.4 Å². The minimum Gasteiger partial charge on any atom is -0.395 e. The molecule has 162 valence electrons. The van der Waals surface area contributed by atoms with E-state index in [0.717, 1.165) is 23.4 Å². The maximum Gasteiger partial charge on any atom is 0.262 e. The van der Waals surface area contributed by atoms with Crippen molar-refractivity contribution in [3.05, 3.63) is 45.4 Å². The van der Waals surface area contributed by atoms with Crippen LogP contribution < -0.4 is 16.0 Å². The number of aromatic nitrogens is 1. The molecule has 1 atom stereocenters. The Hall–Kier alpha value is -2.16. The molecule has 0 radical (unpaired) electrons. The van der Waals surface area contributed by atoms with Crippen molar-refractivity contribution in [2.24, 2.45) is 5.92 Å². The molecule has 2 amide bonds. The van der Waals surface area contributed by atoms with Crippen LogP contribution in [0.2, 0.25) is 5.02 Å². The SMILES string of the molecule is O=C(NC(CC1CCCC1)C(=O)NCCO)c1ccc(CNc2cncc(Cl)c2)s1. The maximum atomic E-state index is 12.8. The zero-order chi connectivity index (χ0) is 21.3. The topological polar surface area (TPSA) is 103 Å². The monoisotopic (exact) mass is 450 g/mol. The number of aliphatic hydroxyl groups excluding tert-OH is 1. The molecule has 2 aromatic rings. The third-order valence-corrected chi connectivity index (χ3v) is 6.42. The summed E-state index contributed by atoms with van der Waals surface area (Å²) < 4.78 is 0. The molecular weight excluding hydrogens is 424 g/mol. The number of hydrogen-bond donors (Lipinski definition) is 4. The summed E-state index contributed by atoms with van der Waals surface area (Å²) in [4.78, 5) is 30.8. The lowest BCUT2D eigenvalue weighted by Crippen LogP contribution is -2.48. The van der Waals surface area contributed by atoms with E-state index < -0.39 is 6.04 Å². The fourth-order valence-corrected chi connectivity index (χ4v) is 4.66. The number of thiophene rings is 1. The van der Waals surface area contributed by atoms with Crippen LogP contribution in [-0.4, -0.2) is 41.1 Å². The van der Waals surface area contributed by atoms with Crippen LogP contribution in [0.25, 0.3) is 0 Å². The number of nitrogens with zero attached hydrogens (tertiary/aromatic N) is 1. The van der Waals surface area contributed by atoms with Crippen LogP contribution in [0.3, 0.4) is 0 Å². The number of rotatable bonds is 10. The molecule has 1 aliphatic rings. The zero-order valence-electron chi connectivity index (χ0n) is 16.7. The first-order valence-corrected chi connectivity index (χ1v) is 11.4. The van der Waals surface area contributed by atoms with Gasteiger partial charge in [0.2, 0.25) is 5.91 Å². The molecule has 7 nitrogen and oxygen atoms in total. The number of amides is 2. The number of aliphatic hydroxyl groups is 1. The Bertz CT molecular complexity index is 854. The molecule has 2 aromatic heterocycles. The molecule has 1 unspecified atom stereocenters. The number of halogens is 1. The average molecular weight is 451 g/mol. The first-order valence-electron chi connectivity index (χ1n) is 10.2. The molecule has 30 heavy (non-hydrogen) atoms. The Kier molecular flexibility index (Phi) is 8.48. The van der Waals surface area contributed by atoms with Crippen molar-refractivity contribution in [3.63, 3.8) is 0 Å². The molecule has 3 rings (SSSR count). The van der Waals surface area contributed by atoms with Crippen LogP contribution in [0.1, 0.15) is 46.7 Å². The Labute approximate surface area is 185 Å². The van der Waals surface area contributed by atoms with Crippen LogP contribution >= 0.6 is 22.9 Å². The van der Waals surface area contributed by atoms with E-state index in [9.17, 15) is 9.59 Å². The summed E-state index contributed by atoms with van der Waals surface area (Å²) in [5, 5.41) is 18.3. The summed E-state index contributed by atoms with van der Waals surface area (Å²) in [6.07, 6.45) is 8.41. The highest BCUT2D eigenvalue weighted by Crippen LogP contribution is 2.29. The van der Waals surface area contributed by atoms with Crippen LogP contribution in [0.5, 0.6) is 0 Å². The van der Waals surface area contributed by atoms with Crippen molar-refractivity contribution in [3.8, 4) is 0 Å². The highest BCUT2D eigenvalue weighted by atomic mass is 35.5. The Morgan fingerprint density at radius 3 is 2.80 bits per heavy atom. The lowest BCUT2D eigenvalue weighted by molar-refractivity contribution is -0.123. The van der Waals surface area contributed by atoms with E-state index in [1.165, 1.54) is 24.2 Å². The molecule has 1 fully saturated rings. The van der Waals surface area contributed by atoms with Gasteiger partial charge >= 0.3 is 0 Å². The van der Waals surface area contributed by atoms with Gasteiger partial charge in [0.1, 0.15) is 6.04 Å².